The molecule has 0 unspecified atom stereocenters. The van der Waals surface area contributed by atoms with Gasteiger partial charge in [0.15, 0.2) is 0 Å². The molecule has 0 N–H and O–H groups in total. The molecule has 11 rings (SSSR count). The minimum absolute atomic E-state index is 0.113. The van der Waals surface area contributed by atoms with Crippen molar-refractivity contribution in [1.29, 1.82) is 0 Å². The van der Waals surface area contributed by atoms with Gasteiger partial charge in [0.2, 0.25) is 0 Å². The van der Waals surface area contributed by atoms with E-state index in [-0.39, 0.29) is 40.3 Å². The molecule has 318 valence electrons. The van der Waals surface area contributed by atoms with Crippen LogP contribution in [0.3, 0.4) is 0 Å². The summed E-state index contributed by atoms with van der Waals surface area (Å²) in [5, 5.41) is 5.14. The molecule has 0 radical (unpaired) electrons. The Bertz CT molecular complexity index is 3920. The van der Waals surface area contributed by atoms with E-state index in [9.17, 15) is 0 Å². The standard InChI is InChI=1S/C56H45BN6O.Pt/c1-56(2,3)42-32-33-58-54(34-42)62-52-36-45(30-31-48(52)53-37-49(59-63(53)57(62)4)41-22-12-7-13-23-41)64-44-25-16-24-43(35-44)60-38-61(51-29-15-14-28-50(51)60)55-46(39-18-8-5-9-19-39)26-17-27-47(55)40-20-10-6-11-21-40;/h5-37H,1-4H3;/i5D,6D,8D,9D,10D,11D,18D,19D,20D,21D;. The summed E-state index contributed by atoms with van der Waals surface area (Å²) in [6.07, 6.45) is 1.85. The van der Waals surface area contributed by atoms with Crippen LogP contribution in [-0.2, 0) is 24.8 Å². The number of hydrogen-bond donors (Lipinski definition) is 0. The van der Waals surface area contributed by atoms with Gasteiger partial charge < -0.3 is 0 Å². The van der Waals surface area contributed by atoms with Crippen molar-refractivity contribution in [3.8, 4) is 67.6 Å². The summed E-state index contributed by atoms with van der Waals surface area (Å²) in [4.78, 5) is 7.11. The molecule has 10 aromatic rings. The molecule has 1 aliphatic rings. The van der Waals surface area contributed by atoms with Crippen LogP contribution in [-0.4, -0.2) is 30.8 Å². The number of aromatic nitrogens is 5. The molecular formula is C56H45BN6OPt. The quantitative estimate of drug-likeness (QED) is 0.142. The van der Waals surface area contributed by atoms with Crippen LogP contribution < -0.4 is 9.55 Å². The van der Waals surface area contributed by atoms with Gasteiger partial charge in [-0.25, -0.2) is 0 Å². The Morgan fingerprint density at radius 2 is 1.26 bits per heavy atom. The number of ether oxygens (including phenoxy) is 1. The van der Waals surface area contributed by atoms with Crippen LogP contribution in [0.1, 0.15) is 40.0 Å². The van der Waals surface area contributed by atoms with E-state index in [1.54, 1.807) is 18.2 Å². The molecule has 7 nitrogen and oxygen atoms in total. The number of hydrogen-bond acceptors (Lipinski definition) is 4. The Kier molecular flexibility index (Phi) is 7.74. The second-order valence-electron chi connectivity index (χ2n) is 16.8. The fourth-order valence-corrected chi connectivity index (χ4v) is 9.71. The summed E-state index contributed by atoms with van der Waals surface area (Å²) >= 11 is 2.17. The van der Waals surface area contributed by atoms with Crippen LogP contribution >= 0.6 is 0 Å². The fraction of sp³-hybridized carbons (Fsp3) is 0.0893. The fourth-order valence-electron chi connectivity index (χ4n) is 8.61. The molecule has 0 bridgehead atoms. The second kappa shape index (κ2) is 16.4. The monoisotopic (exact) mass is 1030 g/mol. The van der Waals surface area contributed by atoms with Gasteiger partial charge in [0.1, 0.15) is 0 Å². The van der Waals surface area contributed by atoms with Crippen molar-refractivity contribution >= 4 is 29.5 Å². The molecule has 65 heavy (non-hydrogen) atoms. The van der Waals surface area contributed by atoms with E-state index in [1.165, 1.54) is 0 Å². The molecule has 0 amide bonds. The molecule has 0 spiro atoms. The van der Waals surface area contributed by atoms with Gasteiger partial charge in [-0.15, -0.1) is 0 Å². The van der Waals surface area contributed by atoms with Gasteiger partial charge in [0.25, 0.3) is 0 Å². The summed E-state index contributed by atoms with van der Waals surface area (Å²) < 4.78 is 101. The second-order valence-corrected chi connectivity index (χ2v) is 17.8. The Morgan fingerprint density at radius 1 is 0.615 bits per heavy atom. The predicted molar refractivity (Wildman–Crippen MR) is 262 cm³/mol. The molecule has 3 aromatic heterocycles. The van der Waals surface area contributed by atoms with Crippen molar-refractivity contribution in [3.63, 3.8) is 0 Å². The molecule has 0 fully saturated rings. The van der Waals surface area contributed by atoms with Crippen molar-refractivity contribution < 1.29 is 37.8 Å². The first kappa shape index (κ1) is 30.7. The topological polar surface area (TPSA) is 53.0 Å². The van der Waals surface area contributed by atoms with E-state index >= 15 is 0 Å². The van der Waals surface area contributed by atoms with Crippen molar-refractivity contribution in [2.24, 2.45) is 0 Å². The zero-order valence-corrected chi connectivity index (χ0v) is 38.0. The minimum atomic E-state index is -0.562. The van der Waals surface area contributed by atoms with Crippen LogP contribution in [0.25, 0.3) is 67.2 Å². The van der Waals surface area contributed by atoms with Crippen molar-refractivity contribution in [2.45, 2.75) is 33.0 Å². The number of para-hydroxylation sites is 3. The maximum absolute atomic E-state index is 9.10. The predicted octanol–water partition coefficient (Wildman–Crippen LogP) is 14.0. The number of imidazole rings is 1. The molecule has 1 aliphatic heterocycles. The van der Waals surface area contributed by atoms with Crippen LogP contribution in [0, 0.1) is 3.80 Å². The van der Waals surface area contributed by atoms with Crippen molar-refractivity contribution in [3.05, 3.63) is 209 Å². The molecule has 0 atom stereocenters. The average Bonchev–Trinajstić information content (AvgIpc) is 4.01. The van der Waals surface area contributed by atoms with Gasteiger partial charge in [0, 0.05) is 11.8 Å². The van der Waals surface area contributed by atoms with Crippen LogP contribution in [0.15, 0.2) is 200 Å². The van der Waals surface area contributed by atoms with E-state index in [1.807, 2.05) is 105 Å². The Labute approximate surface area is 404 Å². The Balaban J connectivity index is 1.07. The van der Waals surface area contributed by atoms with Gasteiger partial charge in [-0.3, -0.25) is 0 Å². The van der Waals surface area contributed by atoms with E-state index < -0.39 is 60.4 Å². The van der Waals surface area contributed by atoms with E-state index in [0.29, 0.717) is 32.0 Å². The summed E-state index contributed by atoms with van der Waals surface area (Å²) in [6, 6.07) is 37.3. The van der Waals surface area contributed by atoms with E-state index in [0.717, 1.165) is 39.6 Å². The third kappa shape index (κ3) is 7.28. The average molecular weight is 1030 g/mol. The number of nitrogens with zero attached hydrogens (tertiary/aromatic N) is 6. The van der Waals surface area contributed by atoms with Crippen molar-refractivity contribution in [1.82, 2.24) is 23.8 Å². The van der Waals surface area contributed by atoms with Gasteiger partial charge in [-0.2, -0.15) is 5.10 Å². The summed E-state index contributed by atoms with van der Waals surface area (Å²) in [6.45, 7) is 8.39. The number of benzene rings is 7. The zero-order valence-electron chi connectivity index (χ0n) is 45.8. The number of anilines is 2. The van der Waals surface area contributed by atoms with Gasteiger partial charge in [-0.1, -0.05) is 51.1 Å². The molecular weight excluding hydrogens is 979 g/mol. The third-order valence-corrected chi connectivity index (χ3v) is 12.7. The molecule has 7 aromatic carbocycles. The molecule has 0 aliphatic carbocycles. The van der Waals surface area contributed by atoms with E-state index in [4.69, 9.17) is 28.5 Å². The van der Waals surface area contributed by atoms with E-state index in [2.05, 4.69) is 82.1 Å². The van der Waals surface area contributed by atoms with Gasteiger partial charge in [0.05, 0.1) is 5.69 Å². The maximum atomic E-state index is 9.10. The summed E-state index contributed by atoms with van der Waals surface area (Å²) in [5.74, 6) is 1.86. The summed E-state index contributed by atoms with van der Waals surface area (Å²) in [5.41, 5.74) is 8.08. The van der Waals surface area contributed by atoms with Crippen LogP contribution in [0.4, 0.5) is 11.5 Å². The molecule has 9 heteroatoms. The first-order valence-electron chi connectivity index (χ1n) is 26.1. The summed E-state index contributed by atoms with van der Waals surface area (Å²) in [7, 11) is 0. The number of rotatable bonds is 8. The zero-order chi connectivity index (χ0) is 52.9. The Morgan fingerprint density at radius 3 is 1.95 bits per heavy atom. The first-order chi connectivity index (χ1) is 35.8. The molecule has 4 heterocycles. The molecule has 0 saturated heterocycles. The number of pyridine rings is 1. The van der Waals surface area contributed by atoms with Crippen LogP contribution in [0.2, 0.25) is 6.82 Å². The number of fused-ring (bicyclic) bond motifs is 4. The normalized spacial score (nSPS) is 14.5. The third-order valence-electron chi connectivity index (χ3n) is 11.7. The SMILES string of the molecule is [2H]c1c([2H])c([2H])c(-c2cccc(-c3c([2H])c([2H])c([2H])c([2H])c3[2H])c2-n2[c](=[Pt])n(-c3cccc(Oc4ccc5c(c4)N(c4cc(C(C)(C)C)ccn4)B(C)n4nc(-c6ccccc6)cc4-5)c3)c3ccccc32)c([2H])c1[2H]. The Hall–Kier alpha value is -7.28. The van der Waals surface area contributed by atoms with Gasteiger partial charge in [-0.05, 0) is 17.0 Å². The van der Waals surface area contributed by atoms with Gasteiger partial charge >= 0.3 is 315 Å². The molecule has 0 saturated carbocycles. The van der Waals surface area contributed by atoms with Crippen molar-refractivity contribution in [2.75, 3.05) is 4.81 Å². The van der Waals surface area contributed by atoms with Crippen LogP contribution in [0.5, 0.6) is 11.5 Å². The first-order valence-corrected chi connectivity index (χ1v) is 22.3.